The van der Waals surface area contributed by atoms with Gasteiger partial charge in [0, 0.05) is 33.7 Å². The van der Waals surface area contributed by atoms with Gasteiger partial charge in [0.2, 0.25) is 0 Å². The van der Waals surface area contributed by atoms with Gasteiger partial charge in [0.25, 0.3) is 11.8 Å². The fraction of sp³-hybridized carbons (Fsp3) is 0.318. The van der Waals surface area contributed by atoms with Gasteiger partial charge >= 0.3 is 0 Å². The van der Waals surface area contributed by atoms with Gasteiger partial charge in [-0.15, -0.1) is 11.3 Å². The van der Waals surface area contributed by atoms with Crippen LogP contribution in [0.2, 0.25) is 0 Å². The summed E-state index contributed by atoms with van der Waals surface area (Å²) in [5, 5.41) is 9.20. The van der Waals surface area contributed by atoms with Crippen LogP contribution < -0.4 is 0 Å². The monoisotopic (exact) mass is 424 g/mol. The Bertz CT molecular complexity index is 1100. The fourth-order valence-corrected chi connectivity index (χ4v) is 6.55. The molecular weight excluding hydrogens is 404 g/mol. The topological polar surface area (TPSA) is 70.4 Å². The molecule has 5 nitrogen and oxygen atoms in total. The normalized spacial score (nSPS) is 21.1. The van der Waals surface area contributed by atoms with Crippen molar-refractivity contribution in [3.63, 3.8) is 0 Å². The van der Waals surface area contributed by atoms with Crippen LogP contribution >= 0.6 is 23.1 Å². The molecule has 0 spiro atoms. The Labute approximate surface area is 178 Å². The van der Waals surface area contributed by atoms with Crippen molar-refractivity contribution in [3.8, 4) is 6.07 Å². The summed E-state index contributed by atoms with van der Waals surface area (Å²) < 4.78 is 5.97. The number of imide groups is 1. The third-order valence-electron chi connectivity index (χ3n) is 5.59. The van der Waals surface area contributed by atoms with Crippen LogP contribution in [0.1, 0.15) is 26.4 Å². The lowest BCUT2D eigenvalue weighted by molar-refractivity contribution is -0.136. The minimum Gasteiger partial charge on any atom is -0.362 e. The first-order valence-corrected chi connectivity index (χ1v) is 10.8. The first kappa shape index (κ1) is 19.9. The zero-order valence-corrected chi connectivity index (χ0v) is 18.3. The Balaban J connectivity index is 1.98. The number of carbonyl (C=O) groups is 2. The highest BCUT2D eigenvalue weighted by atomic mass is 32.2. The van der Waals surface area contributed by atoms with Gasteiger partial charge in [-0.1, -0.05) is 30.0 Å². The van der Waals surface area contributed by atoms with Crippen molar-refractivity contribution in [1.29, 1.82) is 5.26 Å². The molecule has 2 aromatic rings. The lowest BCUT2D eigenvalue weighted by Crippen LogP contribution is -2.38. The van der Waals surface area contributed by atoms with E-state index in [0.717, 1.165) is 36.2 Å². The van der Waals surface area contributed by atoms with E-state index in [0.29, 0.717) is 17.6 Å². The SMILES string of the molecule is COC1(C2=C(c3c(C)sc(C)c3C)C(=O)N(CC#N)C2=O)Cc2ccccc2S1. The van der Waals surface area contributed by atoms with Crippen LogP contribution in [0, 0.1) is 32.1 Å². The van der Waals surface area contributed by atoms with Gasteiger partial charge in [-0.2, -0.15) is 5.26 Å². The molecule has 4 rings (SSSR count). The molecule has 148 valence electrons. The average molecular weight is 425 g/mol. The summed E-state index contributed by atoms with van der Waals surface area (Å²) in [5.74, 6) is -0.847. The number of carbonyl (C=O) groups excluding carboxylic acids is 2. The van der Waals surface area contributed by atoms with Gasteiger partial charge in [0.1, 0.15) is 6.54 Å². The predicted molar refractivity (Wildman–Crippen MR) is 114 cm³/mol. The van der Waals surface area contributed by atoms with E-state index in [1.807, 2.05) is 51.1 Å². The van der Waals surface area contributed by atoms with Crippen molar-refractivity contribution in [3.05, 3.63) is 56.3 Å². The van der Waals surface area contributed by atoms with Crippen LogP contribution in [0.3, 0.4) is 0 Å². The van der Waals surface area contributed by atoms with Gasteiger partial charge in [-0.3, -0.25) is 14.5 Å². The van der Waals surface area contributed by atoms with Crippen molar-refractivity contribution in [2.45, 2.75) is 37.0 Å². The Hall–Kier alpha value is -2.40. The number of rotatable bonds is 4. The lowest BCUT2D eigenvalue weighted by Gasteiger charge is -2.28. The number of methoxy groups -OCH3 is 1. The summed E-state index contributed by atoms with van der Waals surface area (Å²) in [7, 11) is 1.58. The maximum absolute atomic E-state index is 13.4. The maximum Gasteiger partial charge on any atom is 0.262 e. The number of ether oxygens (including phenoxy) is 1. The Morgan fingerprint density at radius 1 is 1.17 bits per heavy atom. The zero-order valence-electron chi connectivity index (χ0n) is 16.7. The summed E-state index contributed by atoms with van der Waals surface area (Å²) in [4.78, 5) is 30.0. The number of thiophene rings is 1. The highest BCUT2D eigenvalue weighted by molar-refractivity contribution is 8.01. The maximum atomic E-state index is 13.4. The summed E-state index contributed by atoms with van der Waals surface area (Å²) in [6.07, 6.45) is 0.490. The molecule has 3 heterocycles. The summed E-state index contributed by atoms with van der Waals surface area (Å²) in [6.45, 7) is 5.67. The Morgan fingerprint density at radius 3 is 2.48 bits per heavy atom. The Morgan fingerprint density at radius 2 is 1.90 bits per heavy atom. The molecule has 7 heteroatoms. The van der Waals surface area contributed by atoms with Crippen LogP contribution in [-0.4, -0.2) is 35.3 Å². The van der Waals surface area contributed by atoms with E-state index in [9.17, 15) is 14.9 Å². The van der Waals surface area contributed by atoms with Crippen molar-refractivity contribution in [2.24, 2.45) is 0 Å². The predicted octanol–water partition coefficient (Wildman–Crippen LogP) is 4.01. The second-order valence-electron chi connectivity index (χ2n) is 7.16. The molecule has 0 aliphatic carbocycles. The van der Waals surface area contributed by atoms with E-state index in [2.05, 4.69) is 0 Å². The largest absolute Gasteiger partial charge is 0.362 e. The number of fused-ring (bicyclic) bond motifs is 1. The van der Waals surface area contributed by atoms with Gasteiger partial charge in [-0.25, -0.2) is 0 Å². The quantitative estimate of drug-likeness (QED) is 0.548. The molecular formula is C22H20N2O3S2. The summed E-state index contributed by atoms with van der Waals surface area (Å²) >= 11 is 3.07. The highest BCUT2D eigenvalue weighted by Gasteiger charge is 2.53. The molecule has 2 aliphatic heterocycles. The molecule has 0 fully saturated rings. The first-order valence-electron chi connectivity index (χ1n) is 9.21. The molecule has 1 aromatic heterocycles. The van der Waals surface area contributed by atoms with Crippen LogP contribution in [0.15, 0.2) is 34.7 Å². The second kappa shape index (κ2) is 7.13. The molecule has 1 aromatic carbocycles. The molecule has 29 heavy (non-hydrogen) atoms. The molecule has 0 saturated carbocycles. The molecule has 0 N–H and O–H groups in total. The summed E-state index contributed by atoms with van der Waals surface area (Å²) in [6, 6.07) is 9.88. The highest BCUT2D eigenvalue weighted by Crippen LogP contribution is 2.54. The first-order chi connectivity index (χ1) is 13.8. The second-order valence-corrected chi connectivity index (χ2v) is 9.89. The molecule has 1 unspecified atom stereocenters. The summed E-state index contributed by atoms with van der Waals surface area (Å²) in [5.41, 5.74) is 3.61. The third kappa shape index (κ3) is 2.86. The minimum absolute atomic E-state index is 0.275. The van der Waals surface area contributed by atoms with Crippen molar-refractivity contribution < 1.29 is 14.3 Å². The number of hydrogen-bond acceptors (Lipinski definition) is 6. The van der Waals surface area contributed by atoms with Crippen LogP contribution in [-0.2, 0) is 20.7 Å². The molecule has 0 saturated heterocycles. The van der Waals surface area contributed by atoms with Crippen LogP contribution in [0.4, 0.5) is 0 Å². The van der Waals surface area contributed by atoms with Crippen molar-refractivity contribution in [1.82, 2.24) is 4.90 Å². The zero-order chi connectivity index (χ0) is 20.9. The van der Waals surface area contributed by atoms with Crippen LogP contribution in [0.25, 0.3) is 5.57 Å². The van der Waals surface area contributed by atoms with Crippen molar-refractivity contribution >= 4 is 40.5 Å². The smallest absolute Gasteiger partial charge is 0.262 e. The van der Waals surface area contributed by atoms with E-state index in [1.54, 1.807) is 18.4 Å². The van der Waals surface area contributed by atoms with Gasteiger partial charge < -0.3 is 4.74 Å². The molecule has 2 amide bonds. The molecule has 1 atom stereocenters. The number of nitrogens with zero attached hydrogens (tertiary/aromatic N) is 2. The number of amides is 2. The Kier molecular flexibility index (Phi) is 4.89. The fourth-order valence-electron chi connectivity index (χ4n) is 4.11. The molecule has 0 radical (unpaired) electrons. The number of aryl methyl sites for hydroxylation is 2. The third-order valence-corrected chi connectivity index (χ3v) is 8.18. The van der Waals surface area contributed by atoms with E-state index in [4.69, 9.17) is 4.74 Å². The van der Waals surface area contributed by atoms with E-state index < -0.39 is 16.7 Å². The van der Waals surface area contributed by atoms with E-state index in [1.165, 1.54) is 11.8 Å². The number of hydrogen-bond donors (Lipinski definition) is 0. The minimum atomic E-state index is -0.995. The number of nitriles is 1. The van der Waals surface area contributed by atoms with Gasteiger partial charge in [0.15, 0.2) is 4.93 Å². The molecule has 0 bridgehead atoms. The van der Waals surface area contributed by atoms with E-state index in [-0.39, 0.29) is 6.54 Å². The van der Waals surface area contributed by atoms with Gasteiger partial charge in [-0.05, 0) is 38.0 Å². The average Bonchev–Trinajstić information content (AvgIpc) is 3.28. The van der Waals surface area contributed by atoms with Crippen molar-refractivity contribution in [2.75, 3.05) is 13.7 Å². The standard InChI is InChI=1S/C22H20N2O3S2/c1-12-13(2)28-14(3)17(12)18-19(21(26)24(10-9-23)20(18)25)22(27-4)11-15-7-5-6-8-16(15)29-22/h5-8H,10-11H2,1-4H3. The van der Waals surface area contributed by atoms with Gasteiger partial charge in [0.05, 0.1) is 17.2 Å². The van der Waals surface area contributed by atoms with Crippen LogP contribution in [0.5, 0.6) is 0 Å². The number of benzene rings is 1. The lowest BCUT2D eigenvalue weighted by atomic mass is 9.92. The molecule has 2 aliphatic rings. The van der Waals surface area contributed by atoms with E-state index >= 15 is 0 Å². The number of thioether (sulfide) groups is 1.